The monoisotopic (exact) mass is 237 g/mol. The van der Waals surface area contributed by atoms with Crippen LogP contribution in [0.25, 0.3) is 16.7 Å². The predicted molar refractivity (Wildman–Crippen MR) is 78.5 cm³/mol. The molecule has 0 amide bonds. The first-order chi connectivity index (χ1) is 8.63. The lowest BCUT2D eigenvalue weighted by Crippen LogP contribution is -1.92. The van der Waals surface area contributed by atoms with E-state index in [4.69, 9.17) is 0 Å². The van der Waals surface area contributed by atoms with Crippen molar-refractivity contribution in [3.05, 3.63) is 59.4 Å². The van der Waals surface area contributed by atoms with Crippen molar-refractivity contribution in [1.82, 2.24) is 4.98 Å². The number of hydrogen-bond acceptors (Lipinski definition) is 1. The van der Waals surface area contributed by atoms with Crippen LogP contribution in [0.5, 0.6) is 0 Å². The smallest absolute Gasteiger partial charge is 0.0658 e. The maximum Gasteiger partial charge on any atom is 0.0658 e. The van der Waals surface area contributed by atoms with Gasteiger partial charge in [0.25, 0.3) is 0 Å². The number of hydrogen-bond donors (Lipinski definition) is 0. The highest BCUT2D eigenvalue weighted by Crippen LogP contribution is 2.27. The zero-order valence-electron chi connectivity index (χ0n) is 11.5. The van der Waals surface area contributed by atoms with E-state index in [2.05, 4.69) is 62.2 Å². The molecule has 0 fully saturated rings. The average Bonchev–Trinajstić information content (AvgIpc) is 2.39. The van der Waals surface area contributed by atoms with E-state index in [0.717, 1.165) is 5.69 Å². The minimum atomic E-state index is 1.06. The van der Waals surface area contributed by atoms with Gasteiger partial charge in [-0.3, -0.25) is 4.98 Å². The number of nitrogens with zero attached hydrogens (tertiary/aromatic N) is 1. The fraction of sp³-hybridized carbons (Fsp3) is 0.235. The van der Waals surface area contributed by atoms with Gasteiger partial charge in [-0.05, 0) is 56.0 Å². The van der Waals surface area contributed by atoms with Gasteiger partial charge in [0.15, 0.2) is 0 Å². The van der Waals surface area contributed by atoms with Gasteiger partial charge in [0.05, 0.1) is 5.69 Å². The van der Waals surface area contributed by atoms with Crippen molar-refractivity contribution in [1.29, 1.82) is 0 Å². The van der Waals surface area contributed by atoms with Crippen LogP contribution in [0, 0.1) is 13.8 Å². The van der Waals surface area contributed by atoms with Gasteiger partial charge in [-0.1, -0.05) is 30.3 Å². The van der Waals surface area contributed by atoms with Crippen molar-refractivity contribution >= 4 is 5.57 Å². The first-order valence-electron chi connectivity index (χ1n) is 6.29. The second-order valence-corrected chi connectivity index (χ2v) is 4.67. The first kappa shape index (κ1) is 12.6. The molecule has 0 unspecified atom stereocenters. The number of rotatable bonds is 2. The van der Waals surface area contributed by atoms with Crippen LogP contribution >= 0.6 is 0 Å². The number of pyridine rings is 1. The third-order valence-corrected chi connectivity index (χ3v) is 3.38. The minimum Gasteiger partial charge on any atom is -0.256 e. The highest BCUT2D eigenvalue weighted by atomic mass is 14.7. The predicted octanol–water partition coefficient (Wildman–Crippen LogP) is 4.79. The van der Waals surface area contributed by atoms with Crippen molar-refractivity contribution in [2.24, 2.45) is 0 Å². The fourth-order valence-electron chi connectivity index (χ4n) is 2.08. The van der Waals surface area contributed by atoms with Crippen molar-refractivity contribution in [3.8, 4) is 11.1 Å². The molecule has 1 aromatic heterocycles. The summed E-state index contributed by atoms with van der Waals surface area (Å²) >= 11 is 0. The quantitative estimate of drug-likeness (QED) is 0.732. The Hall–Kier alpha value is -1.89. The molecule has 0 aliphatic carbocycles. The summed E-state index contributed by atoms with van der Waals surface area (Å²) in [6.07, 6.45) is 4.08. The summed E-state index contributed by atoms with van der Waals surface area (Å²) in [5.41, 5.74) is 7.34. The number of aromatic nitrogens is 1. The number of allylic oxidation sites excluding steroid dienone is 2. The molecule has 1 nitrogen and oxygen atoms in total. The molecule has 0 atom stereocenters. The summed E-state index contributed by atoms with van der Waals surface area (Å²) in [7, 11) is 0. The normalized spacial score (nSPS) is 11.7. The van der Waals surface area contributed by atoms with Gasteiger partial charge >= 0.3 is 0 Å². The van der Waals surface area contributed by atoms with Crippen molar-refractivity contribution < 1.29 is 0 Å². The van der Waals surface area contributed by atoms with Gasteiger partial charge in [-0.15, -0.1) is 0 Å². The molecule has 0 aliphatic rings. The van der Waals surface area contributed by atoms with Gasteiger partial charge in [0.2, 0.25) is 0 Å². The topological polar surface area (TPSA) is 12.9 Å². The average molecular weight is 237 g/mol. The molecular formula is C17H19N. The third-order valence-electron chi connectivity index (χ3n) is 3.38. The van der Waals surface area contributed by atoms with Crippen molar-refractivity contribution in [2.75, 3.05) is 0 Å². The van der Waals surface area contributed by atoms with E-state index < -0.39 is 0 Å². The molecule has 1 heterocycles. The van der Waals surface area contributed by atoms with Gasteiger partial charge < -0.3 is 0 Å². The Bertz CT molecular complexity index is 594. The summed E-state index contributed by atoms with van der Waals surface area (Å²) in [4.78, 5) is 4.56. The molecule has 0 saturated carbocycles. The van der Waals surface area contributed by atoms with Crippen LogP contribution in [0.2, 0.25) is 0 Å². The summed E-state index contributed by atoms with van der Waals surface area (Å²) in [6, 6.07) is 10.6. The molecule has 2 rings (SSSR count). The standard InChI is InChI=1S/C17H19N/c1-5-12(2)17-10-14(4)16(11-18-17)15-9-7-6-8-13(15)3/h5-11H,1-4H3/b12-5+. The van der Waals surface area contributed by atoms with Crippen LogP contribution in [0.3, 0.4) is 0 Å². The van der Waals surface area contributed by atoms with E-state index in [1.165, 1.54) is 27.8 Å². The maximum atomic E-state index is 4.56. The molecule has 0 saturated heterocycles. The van der Waals surface area contributed by atoms with Crippen molar-refractivity contribution in [2.45, 2.75) is 27.7 Å². The Balaban J connectivity index is 2.52. The molecular weight excluding hydrogens is 218 g/mol. The molecule has 2 aromatic rings. The first-order valence-corrected chi connectivity index (χ1v) is 6.29. The Morgan fingerprint density at radius 2 is 1.78 bits per heavy atom. The van der Waals surface area contributed by atoms with Crippen LogP contribution in [0.15, 0.2) is 42.6 Å². The third kappa shape index (κ3) is 2.35. The largest absolute Gasteiger partial charge is 0.256 e. The van der Waals surface area contributed by atoms with Crippen LogP contribution in [-0.4, -0.2) is 4.98 Å². The van der Waals surface area contributed by atoms with E-state index in [9.17, 15) is 0 Å². The molecule has 0 N–H and O–H groups in total. The van der Waals surface area contributed by atoms with Crippen LogP contribution in [0.1, 0.15) is 30.7 Å². The zero-order valence-corrected chi connectivity index (χ0v) is 11.5. The van der Waals surface area contributed by atoms with E-state index in [1.54, 1.807) is 0 Å². The molecule has 0 radical (unpaired) electrons. The SMILES string of the molecule is C/C=C(\C)c1cc(C)c(-c2ccccc2C)cn1. The van der Waals surface area contributed by atoms with E-state index in [1.807, 2.05) is 13.1 Å². The maximum absolute atomic E-state index is 4.56. The molecule has 18 heavy (non-hydrogen) atoms. The van der Waals surface area contributed by atoms with E-state index in [-0.39, 0.29) is 0 Å². The molecule has 92 valence electrons. The molecule has 1 aromatic carbocycles. The Morgan fingerprint density at radius 3 is 2.39 bits per heavy atom. The summed E-state index contributed by atoms with van der Waals surface area (Å²) in [6.45, 7) is 8.42. The minimum absolute atomic E-state index is 1.06. The lowest BCUT2D eigenvalue weighted by atomic mass is 9.97. The van der Waals surface area contributed by atoms with E-state index in [0.29, 0.717) is 0 Å². The second kappa shape index (κ2) is 5.18. The summed E-state index contributed by atoms with van der Waals surface area (Å²) < 4.78 is 0. The lowest BCUT2D eigenvalue weighted by molar-refractivity contribution is 1.23. The van der Waals surface area contributed by atoms with Crippen LogP contribution < -0.4 is 0 Å². The van der Waals surface area contributed by atoms with Gasteiger partial charge in [0.1, 0.15) is 0 Å². The Labute approximate surface area is 109 Å². The summed E-state index contributed by atoms with van der Waals surface area (Å²) in [5, 5.41) is 0. The van der Waals surface area contributed by atoms with Gasteiger partial charge in [-0.25, -0.2) is 0 Å². The Morgan fingerprint density at radius 1 is 1.06 bits per heavy atom. The summed E-state index contributed by atoms with van der Waals surface area (Å²) in [5.74, 6) is 0. The van der Waals surface area contributed by atoms with Gasteiger partial charge in [0, 0.05) is 11.8 Å². The van der Waals surface area contributed by atoms with Crippen molar-refractivity contribution in [3.63, 3.8) is 0 Å². The fourth-order valence-corrected chi connectivity index (χ4v) is 2.08. The molecule has 0 spiro atoms. The Kier molecular flexibility index (Phi) is 3.61. The number of benzene rings is 1. The van der Waals surface area contributed by atoms with Gasteiger partial charge in [-0.2, -0.15) is 0 Å². The lowest BCUT2D eigenvalue weighted by Gasteiger charge is -2.10. The zero-order chi connectivity index (χ0) is 13.1. The molecule has 1 heteroatoms. The second-order valence-electron chi connectivity index (χ2n) is 4.67. The van der Waals surface area contributed by atoms with Crippen LogP contribution in [-0.2, 0) is 0 Å². The van der Waals surface area contributed by atoms with E-state index >= 15 is 0 Å². The molecule has 0 bridgehead atoms. The molecule has 0 aliphatic heterocycles. The number of aryl methyl sites for hydroxylation is 2. The highest BCUT2D eigenvalue weighted by Gasteiger charge is 2.06. The van der Waals surface area contributed by atoms with Crippen LogP contribution in [0.4, 0.5) is 0 Å². The highest BCUT2D eigenvalue weighted by molar-refractivity contribution is 5.72.